The maximum Gasteiger partial charge on any atom is 0.320 e. The highest BCUT2D eigenvalue weighted by molar-refractivity contribution is 5.87. The van der Waals surface area contributed by atoms with Gasteiger partial charge in [-0.2, -0.15) is 15.5 Å². The molecule has 10 nitrogen and oxygen atoms in total. The SMILES string of the molecule is CC1CN(C(=O)N2CCN(c3ccc(-c4cc(-c5cnn(C)c5)cn5ncc(C#N)c45)cn3)CC2)CC1(C)C. The lowest BCUT2D eigenvalue weighted by Gasteiger charge is -2.37. The molecule has 2 saturated heterocycles. The van der Waals surface area contributed by atoms with Crippen molar-refractivity contribution in [3.63, 3.8) is 0 Å². The molecule has 2 fully saturated rings. The number of carbonyl (C=O) groups excluding carboxylic acids is 1. The molecule has 2 aliphatic heterocycles. The fourth-order valence-electron chi connectivity index (χ4n) is 5.65. The largest absolute Gasteiger partial charge is 0.353 e. The molecule has 0 N–H and O–H groups in total. The average molecular weight is 524 g/mol. The Kier molecular flexibility index (Phi) is 6.02. The summed E-state index contributed by atoms with van der Waals surface area (Å²) < 4.78 is 3.52. The highest BCUT2D eigenvalue weighted by Crippen LogP contribution is 2.35. The van der Waals surface area contributed by atoms with Gasteiger partial charge in [0.25, 0.3) is 0 Å². The number of aryl methyl sites for hydroxylation is 1. The Morgan fingerprint density at radius 1 is 1.00 bits per heavy atom. The molecule has 4 aromatic heterocycles. The third-order valence-electron chi connectivity index (χ3n) is 8.40. The second-order valence-electron chi connectivity index (χ2n) is 11.4. The molecule has 1 atom stereocenters. The van der Waals surface area contributed by atoms with Crippen molar-refractivity contribution < 1.29 is 4.79 Å². The van der Waals surface area contributed by atoms with Crippen molar-refractivity contribution in [3.8, 4) is 28.3 Å². The van der Waals surface area contributed by atoms with Gasteiger partial charge in [-0.1, -0.05) is 20.8 Å². The number of carbonyl (C=O) groups is 1. The van der Waals surface area contributed by atoms with Gasteiger partial charge in [0.15, 0.2) is 0 Å². The van der Waals surface area contributed by atoms with Gasteiger partial charge in [-0.3, -0.25) is 4.68 Å². The van der Waals surface area contributed by atoms with Crippen LogP contribution >= 0.6 is 0 Å². The maximum atomic E-state index is 13.1. The minimum Gasteiger partial charge on any atom is -0.353 e. The Labute approximate surface area is 228 Å². The van der Waals surface area contributed by atoms with Crippen LogP contribution in [-0.2, 0) is 7.05 Å². The third-order valence-corrected chi connectivity index (χ3v) is 8.40. The van der Waals surface area contributed by atoms with E-state index >= 15 is 0 Å². The van der Waals surface area contributed by atoms with Crippen LogP contribution in [0.3, 0.4) is 0 Å². The van der Waals surface area contributed by atoms with E-state index < -0.39 is 0 Å². The fourth-order valence-corrected chi connectivity index (χ4v) is 5.65. The van der Waals surface area contributed by atoms with E-state index in [-0.39, 0.29) is 11.4 Å². The molecule has 0 saturated carbocycles. The van der Waals surface area contributed by atoms with Gasteiger partial charge in [-0.15, -0.1) is 0 Å². The third kappa shape index (κ3) is 4.48. The monoisotopic (exact) mass is 523 g/mol. The van der Waals surface area contributed by atoms with E-state index in [1.54, 1.807) is 15.4 Å². The standard InChI is InChI=1S/C29H33N9O/c1-20-16-37(19-29(20,2)3)28(39)36-9-7-35(8-10-36)26-6-5-21(13-31-26)25-11-22(24-15-32-34(4)17-24)18-38-27(25)23(12-30)14-33-38/h5-6,11,13-15,17-18,20H,7-10,16,19H2,1-4H3. The van der Waals surface area contributed by atoms with Gasteiger partial charge in [-0.25, -0.2) is 14.3 Å². The molecule has 6 heterocycles. The lowest BCUT2D eigenvalue weighted by Crippen LogP contribution is -2.52. The van der Waals surface area contributed by atoms with E-state index in [4.69, 9.17) is 4.98 Å². The predicted octanol–water partition coefficient (Wildman–Crippen LogP) is 3.89. The highest BCUT2D eigenvalue weighted by atomic mass is 16.2. The van der Waals surface area contributed by atoms with Crippen molar-refractivity contribution in [2.75, 3.05) is 44.2 Å². The summed E-state index contributed by atoms with van der Waals surface area (Å²) in [6.45, 7) is 11.2. The van der Waals surface area contributed by atoms with E-state index in [1.807, 2.05) is 53.8 Å². The number of piperazine rings is 1. The van der Waals surface area contributed by atoms with E-state index in [0.29, 0.717) is 24.6 Å². The molecule has 2 amide bonds. The molecule has 0 aromatic carbocycles. The molecule has 2 aliphatic rings. The van der Waals surface area contributed by atoms with Crippen molar-refractivity contribution in [1.29, 1.82) is 5.26 Å². The van der Waals surface area contributed by atoms with Gasteiger partial charge in [0.2, 0.25) is 0 Å². The van der Waals surface area contributed by atoms with Crippen LogP contribution in [0.5, 0.6) is 0 Å². The summed E-state index contributed by atoms with van der Waals surface area (Å²) in [5, 5.41) is 18.4. The molecule has 0 bridgehead atoms. The van der Waals surface area contributed by atoms with Gasteiger partial charge in [0.1, 0.15) is 11.9 Å². The van der Waals surface area contributed by atoms with Gasteiger partial charge in [-0.05, 0) is 29.5 Å². The molecular formula is C29H33N9O. The second kappa shape index (κ2) is 9.42. The zero-order valence-electron chi connectivity index (χ0n) is 22.9. The quantitative estimate of drug-likeness (QED) is 0.404. The Morgan fingerprint density at radius 2 is 1.79 bits per heavy atom. The zero-order valence-corrected chi connectivity index (χ0v) is 22.9. The van der Waals surface area contributed by atoms with E-state index in [9.17, 15) is 10.1 Å². The number of rotatable bonds is 3. The number of amides is 2. The summed E-state index contributed by atoms with van der Waals surface area (Å²) in [4.78, 5) is 24.1. The van der Waals surface area contributed by atoms with Crippen LogP contribution in [-0.4, -0.2) is 79.5 Å². The minimum absolute atomic E-state index is 0.155. The maximum absolute atomic E-state index is 13.1. The van der Waals surface area contributed by atoms with Crippen LogP contribution in [0.4, 0.5) is 10.6 Å². The number of pyridine rings is 2. The number of aromatic nitrogens is 5. The number of urea groups is 1. The number of anilines is 1. The van der Waals surface area contributed by atoms with Crippen molar-refractivity contribution in [1.82, 2.24) is 34.2 Å². The molecule has 10 heteroatoms. The Hall–Kier alpha value is -4.39. The van der Waals surface area contributed by atoms with Crippen molar-refractivity contribution in [3.05, 3.63) is 54.7 Å². The summed E-state index contributed by atoms with van der Waals surface area (Å²) in [5.41, 5.74) is 5.16. The second-order valence-corrected chi connectivity index (χ2v) is 11.4. The van der Waals surface area contributed by atoms with Gasteiger partial charge in [0.05, 0.1) is 23.5 Å². The van der Waals surface area contributed by atoms with Crippen LogP contribution in [0.2, 0.25) is 0 Å². The lowest BCUT2D eigenvalue weighted by atomic mass is 9.84. The van der Waals surface area contributed by atoms with Crippen molar-refractivity contribution in [2.45, 2.75) is 20.8 Å². The summed E-state index contributed by atoms with van der Waals surface area (Å²) >= 11 is 0. The normalized spacial score (nSPS) is 19.1. The van der Waals surface area contributed by atoms with Crippen molar-refractivity contribution >= 4 is 17.4 Å². The first-order valence-electron chi connectivity index (χ1n) is 13.4. The van der Waals surface area contributed by atoms with E-state index in [0.717, 1.165) is 59.8 Å². The number of hydrogen-bond donors (Lipinski definition) is 0. The number of hydrogen-bond acceptors (Lipinski definition) is 6. The summed E-state index contributed by atoms with van der Waals surface area (Å²) in [5.74, 6) is 1.39. The van der Waals surface area contributed by atoms with Gasteiger partial charge in [0, 0.05) is 87.2 Å². The number of fused-ring (bicyclic) bond motifs is 1. The summed E-state index contributed by atoms with van der Waals surface area (Å²) in [6.07, 6.45) is 9.14. The molecular weight excluding hydrogens is 490 g/mol. The zero-order chi connectivity index (χ0) is 27.3. The molecule has 0 aliphatic carbocycles. The smallest absolute Gasteiger partial charge is 0.320 e. The number of nitrogens with zero attached hydrogens (tertiary/aromatic N) is 9. The van der Waals surface area contributed by atoms with E-state index in [1.165, 1.54) is 0 Å². The highest BCUT2D eigenvalue weighted by Gasteiger charge is 2.40. The first-order valence-corrected chi connectivity index (χ1v) is 13.4. The fraction of sp³-hybridized carbons (Fsp3) is 0.414. The minimum atomic E-state index is 0.155. The van der Waals surface area contributed by atoms with Crippen LogP contribution in [0, 0.1) is 22.7 Å². The Balaban J connectivity index is 1.21. The van der Waals surface area contributed by atoms with Crippen LogP contribution < -0.4 is 4.90 Å². The first-order chi connectivity index (χ1) is 18.7. The Bertz CT molecular complexity index is 1570. The molecule has 4 aromatic rings. The average Bonchev–Trinajstić information content (AvgIpc) is 3.64. The van der Waals surface area contributed by atoms with Crippen LogP contribution in [0.15, 0.2) is 49.2 Å². The van der Waals surface area contributed by atoms with Gasteiger partial charge < -0.3 is 14.7 Å². The number of likely N-dealkylation sites (tertiary alicyclic amines) is 1. The van der Waals surface area contributed by atoms with Crippen LogP contribution in [0.1, 0.15) is 26.3 Å². The summed E-state index contributed by atoms with van der Waals surface area (Å²) in [6, 6.07) is 8.55. The topological polar surface area (TPSA) is 98.6 Å². The van der Waals surface area contributed by atoms with Gasteiger partial charge >= 0.3 is 6.03 Å². The predicted molar refractivity (Wildman–Crippen MR) is 149 cm³/mol. The molecule has 39 heavy (non-hydrogen) atoms. The molecule has 0 radical (unpaired) electrons. The summed E-state index contributed by atoms with van der Waals surface area (Å²) in [7, 11) is 1.89. The van der Waals surface area contributed by atoms with E-state index in [2.05, 4.69) is 48.0 Å². The molecule has 0 spiro atoms. The molecule has 1 unspecified atom stereocenters. The lowest BCUT2D eigenvalue weighted by molar-refractivity contribution is 0.155. The molecule has 200 valence electrons. The number of nitriles is 1. The Morgan fingerprint density at radius 3 is 2.41 bits per heavy atom. The van der Waals surface area contributed by atoms with Crippen LogP contribution in [0.25, 0.3) is 27.8 Å². The first kappa shape index (κ1) is 24.9. The van der Waals surface area contributed by atoms with Crippen molar-refractivity contribution in [2.24, 2.45) is 18.4 Å². The molecule has 6 rings (SSSR count).